The van der Waals surface area contributed by atoms with Crippen molar-refractivity contribution in [2.45, 2.75) is 12.2 Å². The van der Waals surface area contributed by atoms with E-state index >= 15 is 0 Å². The predicted octanol–water partition coefficient (Wildman–Crippen LogP) is 1.40. The highest BCUT2D eigenvalue weighted by molar-refractivity contribution is 7.88. The van der Waals surface area contributed by atoms with E-state index in [2.05, 4.69) is 11.3 Å². The Morgan fingerprint density at radius 2 is 1.95 bits per heavy atom. The topological polar surface area (TPSA) is 92.7 Å². The molecule has 0 fully saturated rings. The van der Waals surface area contributed by atoms with E-state index in [4.69, 9.17) is 9.84 Å². The summed E-state index contributed by atoms with van der Waals surface area (Å²) in [6, 6.07) is 5.74. The molecule has 2 N–H and O–H groups in total. The van der Waals surface area contributed by atoms with Crippen LogP contribution in [0, 0.1) is 0 Å². The standard InChI is InChI=1S/C14H19NO5S/c1-2-3-9-20-10-8-15-21(18,19)11-12-4-6-13(7-5-12)14(16)17/h2,4-7,15H,1,3,8-11H2,(H,16,17). The van der Waals surface area contributed by atoms with E-state index < -0.39 is 16.0 Å². The van der Waals surface area contributed by atoms with Crippen LogP contribution < -0.4 is 4.72 Å². The molecular formula is C14H19NO5S. The van der Waals surface area contributed by atoms with Gasteiger partial charge in [0.2, 0.25) is 10.0 Å². The van der Waals surface area contributed by atoms with Gasteiger partial charge in [-0.25, -0.2) is 17.9 Å². The Hall–Kier alpha value is -1.70. The van der Waals surface area contributed by atoms with Gasteiger partial charge in [-0.2, -0.15) is 0 Å². The number of hydrogen-bond donors (Lipinski definition) is 2. The second-order valence-corrected chi connectivity index (χ2v) is 6.15. The molecule has 0 spiro atoms. The lowest BCUT2D eigenvalue weighted by atomic mass is 10.1. The van der Waals surface area contributed by atoms with Crippen LogP contribution >= 0.6 is 0 Å². The summed E-state index contributed by atoms with van der Waals surface area (Å²) in [5.74, 6) is -1.24. The molecular weight excluding hydrogens is 294 g/mol. The van der Waals surface area contributed by atoms with Gasteiger partial charge in [-0.3, -0.25) is 0 Å². The maximum Gasteiger partial charge on any atom is 0.335 e. The number of ether oxygens (including phenoxy) is 1. The first-order valence-electron chi connectivity index (χ1n) is 6.43. The van der Waals surface area contributed by atoms with Crippen LogP contribution in [0.4, 0.5) is 0 Å². The highest BCUT2D eigenvalue weighted by atomic mass is 32.2. The summed E-state index contributed by atoms with van der Waals surface area (Å²) in [6.45, 7) is 4.57. The number of carboxylic acid groups (broad SMARTS) is 1. The summed E-state index contributed by atoms with van der Waals surface area (Å²) in [5.41, 5.74) is 0.653. The van der Waals surface area contributed by atoms with Crippen molar-refractivity contribution >= 4 is 16.0 Å². The van der Waals surface area contributed by atoms with Crippen LogP contribution in [0.25, 0.3) is 0 Å². The summed E-state index contributed by atoms with van der Waals surface area (Å²) in [6.07, 6.45) is 2.45. The summed E-state index contributed by atoms with van der Waals surface area (Å²) in [7, 11) is -3.46. The Balaban J connectivity index is 2.41. The molecule has 0 aliphatic rings. The lowest BCUT2D eigenvalue weighted by Crippen LogP contribution is -2.28. The van der Waals surface area contributed by atoms with Crippen molar-refractivity contribution in [3.05, 3.63) is 48.0 Å². The fourth-order valence-electron chi connectivity index (χ4n) is 1.55. The molecule has 0 atom stereocenters. The molecule has 116 valence electrons. The first-order chi connectivity index (χ1) is 9.94. The van der Waals surface area contributed by atoms with Gasteiger partial charge in [0.25, 0.3) is 0 Å². The Bertz CT molecular complexity index is 566. The van der Waals surface area contributed by atoms with E-state index in [0.717, 1.165) is 6.42 Å². The van der Waals surface area contributed by atoms with E-state index in [0.29, 0.717) is 18.8 Å². The normalized spacial score (nSPS) is 11.2. The first-order valence-corrected chi connectivity index (χ1v) is 8.08. The van der Waals surface area contributed by atoms with Crippen LogP contribution in [0.5, 0.6) is 0 Å². The number of carboxylic acids is 1. The van der Waals surface area contributed by atoms with Gasteiger partial charge >= 0.3 is 5.97 Å². The second-order valence-electron chi connectivity index (χ2n) is 4.35. The molecule has 0 heterocycles. The number of rotatable bonds is 10. The SMILES string of the molecule is C=CCCOCCNS(=O)(=O)Cc1ccc(C(=O)O)cc1. The average Bonchev–Trinajstić information content (AvgIpc) is 2.43. The van der Waals surface area contributed by atoms with Gasteiger partial charge in [0, 0.05) is 6.54 Å². The Kier molecular flexibility index (Phi) is 7.07. The Morgan fingerprint density at radius 3 is 2.52 bits per heavy atom. The van der Waals surface area contributed by atoms with Crippen LogP contribution in [0.2, 0.25) is 0 Å². The van der Waals surface area contributed by atoms with Crippen LogP contribution in [-0.4, -0.2) is 39.3 Å². The number of aromatic carboxylic acids is 1. The quantitative estimate of drug-likeness (QED) is 0.503. The van der Waals surface area contributed by atoms with Crippen molar-refractivity contribution in [3.8, 4) is 0 Å². The molecule has 1 rings (SSSR count). The molecule has 0 saturated heterocycles. The van der Waals surface area contributed by atoms with E-state index in [-0.39, 0.29) is 17.9 Å². The maximum atomic E-state index is 11.8. The second kappa shape index (κ2) is 8.56. The summed E-state index contributed by atoms with van der Waals surface area (Å²) >= 11 is 0. The largest absolute Gasteiger partial charge is 0.478 e. The van der Waals surface area contributed by atoms with E-state index in [1.165, 1.54) is 24.3 Å². The van der Waals surface area contributed by atoms with Gasteiger partial charge in [0.05, 0.1) is 24.5 Å². The third kappa shape index (κ3) is 7.03. The minimum Gasteiger partial charge on any atom is -0.478 e. The molecule has 0 unspecified atom stereocenters. The van der Waals surface area contributed by atoms with Gasteiger partial charge in [0.1, 0.15) is 0 Å². The molecule has 7 heteroatoms. The average molecular weight is 313 g/mol. The monoisotopic (exact) mass is 313 g/mol. The molecule has 0 aliphatic carbocycles. The van der Waals surface area contributed by atoms with Gasteiger partial charge in [-0.1, -0.05) is 18.2 Å². The lowest BCUT2D eigenvalue weighted by Gasteiger charge is -2.07. The summed E-state index contributed by atoms with van der Waals surface area (Å²) in [4.78, 5) is 10.7. The van der Waals surface area contributed by atoms with Crippen molar-refractivity contribution in [1.82, 2.24) is 4.72 Å². The third-order valence-electron chi connectivity index (χ3n) is 2.59. The van der Waals surface area contributed by atoms with Crippen molar-refractivity contribution in [1.29, 1.82) is 0 Å². The van der Waals surface area contributed by atoms with Crippen molar-refractivity contribution in [2.75, 3.05) is 19.8 Å². The molecule has 0 aliphatic heterocycles. The number of benzene rings is 1. The van der Waals surface area contributed by atoms with Crippen LogP contribution in [-0.2, 0) is 20.5 Å². The fourth-order valence-corrected chi connectivity index (χ4v) is 2.68. The minimum absolute atomic E-state index is 0.125. The molecule has 6 nitrogen and oxygen atoms in total. The van der Waals surface area contributed by atoms with Crippen molar-refractivity contribution in [3.63, 3.8) is 0 Å². The number of nitrogens with one attached hydrogen (secondary N) is 1. The highest BCUT2D eigenvalue weighted by Gasteiger charge is 2.11. The molecule has 0 aromatic heterocycles. The number of sulfonamides is 1. The summed E-state index contributed by atoms with van der Waals surface area (Å²) in [5, 5.41) is 8.76. The van der Waals surface area contributed by atoms with Gasteiger partial charge < -0.3 is 9.84 Å². The molecule has 0 amide bonds. The van der Waals surface area contributed by atoms with E-state index in [1.54, 1.807) is 6.08 Å². The Morgan fingerprint density at radius 1 is 1.29 bits per heavy atom. The molecule has 1 aromatic carbocycles. The highest BCUT2D eigenvalue weighted by Crippen LogP contribution is 2.07. The summed E-state index contributed by atoms with van der Waals surface area (Å²) < 4.78 is 31.2. The maximum absolute atomic E-state index is 11.8. The molecule has 0 radical (unpaired) electrons. The first kappa shape index (κ1) is 17.4. The van der Waals surface area contributed by atoms with E-state index in [9.17, 15) is 13.2 Å². The van der Waals surface area contributed by atoms with Crippen LogP contribution in [0.1, 0.15) is 22.3 Å². The Labute approximate surface area is 124 Å². The minimum atomic E-state index is -3.46. The zero-order valence-corrected chi connectivity index (χ0v) is 12.4. The van der Waals surface area contributed by atoms with Crippen molar-refractivity contribution < 1.29 is 23.1 Å². The van der Waals surface area contributed by atoms with E-state index in [1.807, 2.05) is 0 Å². The lowest BCUT2D eigenvalue weighted by molar-refractivity contribution is 0.0697. The zero-order valence-electron chi connectivity index (χ0n) is 11.6. The predicted molar refractivity (Wildman–Crippen MR) is 79.7 cm³/mol. The molecule has 21 heavy (non-hydrogen) atoms. The number of carbonyl (C=O) groups is 1. The van der Waals surface area contributed by atoms with Crippen LogP contribution in [0.3, 0.4) is 0 Å². The molecule has 1 aromatic rings. The van der Waals surface area contributed by atoms with Crippen molar-refractivity contribution in [2.24, 2.45) is 0 Å². The van der Waals surface area contributed by atoms with Crippen LogP contribution in [0.15, 0.2) is 36.9 Å². The molecule has 0 bridgehead atoms. The smallest absolute Gasteiger partial charge is 0.335 e. The number of hydrogen-bond acceptors (Lipinski definition) is 4. The van der Waals surface area contributed by atoms with Gasteiger partial charge in [-0.05, 0) is 24.1 Å². The fraction of sp³-hybridized carbons (Fsp3) is 0.357. The molecule has 0 saturated carbocycles. The third-order valence-corrected chi connectivity index (χ3v) is 3.95. The van der Waals surface area contributed by atoms with Gasteiger partial charge in [0.15, 0.2) is 0 Å². The van der Waals surface area contributed by atoms with Gasteiger partial charge in [-0.15, -0.1) is 6.58 Å². The zero-order chi connectivity index (χ0) is 15.7.